The van der Waals surface area contributed by atoms with Gasteiger partial charge < -0.3 is 10.2 Å². The third-order valence-corrected chi connectivity index (χ3v) is 7.45. The molecule has 1 aromatic carbocycles. The minimum atomic E-state index is -3.48. The van der Waals surface area contributed by atoms with E-state index in [1.807, 2.05) is 73.8 Å². The molecule has 35 heavy (non-hydrogen) atoms. The number of fused-ring (bicyclic) bond motifs is 2. The molecule has 11 heteroatoms. The average molecular weight is 493 g/mol. The number of benzene rings is 1. The summed E-state index contributed by atoms with van der Waals surface area (Å²) in [4.78, 5) is 11.5. The van der Waals surface area contributed by atoms with Gasteiger partial charge in [-0.05, 0) is 46.5 Å². The van der Waals surface area contributed by atoms with Gasteiger partial charge in [-0.15, -0.1) is 0 Å². The van der Waals surface area contributed by atoms with Crippen LogP contribution in [0.2, 0.25) is 0 Å². The highest BCUT2D eigenvalue weighted by Gasteiger charge is 2.19. The summed E-state index contributed by atoms with van der Waals surface area (Å²) in [7, 11) is 0.451. The van der Waals surface area contributed by atoms with Gasteiger partial charge in [0, 0.05) is 47.7 Å². The first-order valence-electron chi connectivity index (χ1n) is 11.3. The minimum absolute atomic E-state index is 0.0110. The molecule has 2 N–H and O–H groups in total. The maximum absolute atomic E-state index is 12.9. The molecule has 4 heterocycles. The Hall–Kier alpha value is -3.70. The van der Waals surface area contributed by atoms with Gasteiger partial charge in [-0.1, -0.05) is 12.1 Å². The lowest BCUT2D eigenvalue weighted by molar-refractivity contribution is 0.404. The van der Waals surface area contributed by atoms with E-state index in [2.05, 4.69) is 20.5 Å². The van der Waals surface area contributed by atoms with E-state index >= 15 is 0 Å². The molecule has 0 radical (unpaired) electrons. The van der Waals surface area contributed by atoms with E-state index in [1.165, 1.54) is 3.97 Å². The Morgan fingerprint density at radius 1 is 1.09 bits per heavy atom. The Morgan fingerprint density at radius 3 is 2.57 bits per heavy atom. The van der Waals surface area contributed by atoms with Crippen molar-refractivity contribution in [3.8, 4) is 11.3 Å². The smallest absolute Gasteiger partial charge is 0.238 e. The Bertz CT molecular complexity index is 1660. The fraction of sp³-hybridized carbons (Fsp3) is 0.292. The fourth-order valence-corrected chi connectivity index (χ4v) is 5.22. The first kappa shape index (κ1) is 23.1. The van der Waals surface area contributed by atoms with Crippen molar-refractivity contribution in [3.05, 3.63) is 59.7 Å². The van der Waals surface area contributed by atoms with Gasteiger partial charge in [-0.2, -0.15) is 5.10 Å². The van der Waals surface area contributed by atoms with Crippen molar-refractivity contribution < 1.29 is 8.42 Å². The Balaban J connectivity index is 1.69. The maximum Gasteiger partial charge on any atom is 0.238 e. The van der Waals surface area contributed by atoms with E-state index in [4.69, 9.17) is 4.98 Å². The molecule has 5 aromatic rings. The zero-order chi connectivity index (χ0) is 24.9. The second-order valence-corrected chi connectivity index (χ2v) is 11.1. The van der Waals surface area contributed by atoms with E-state index < -0.39 is 10.0 Å². The van der Waals surface area contributed by atoms with Crippen LogP contribution in [0.15, 0.2) is 42.7 Å². The highest BCUT2D eigenvalue weighted by Crippen LogP contribution is 2.30. The number of rotatable bonds is 7. The third-order valence-electron chi connectivity index (χ3n) is 5.82. The van der Waals surface area contributed by atoms with Crippen LogP contribution in [0.1, 0.15) is 23.9 Å². The molecule has 0 aliphatic heterocycles. The minimum Gasteiger partial charge on any atom is -0.308 e. The number of nitrogens with one attached hydrogen (secondary N) is 2. The molecule has 4 aromatic heterocycles. The van der Waals surface area contributed by atoms with Crippen LogP contribution in [0.5, 0.6) is 0 Å². The van der Waals surface area contributed by atoms with Crippen LogP contribution >= 0.6 is 0 Å². The number of hydrogen-bond acceptors (Lipinski definition) is 7. The third kappa shape index (κ3) is 4.28. The van der Waals surface area contributed by atoms with Crippen molar-refractivity contribution in [1.29, 1.82) is 0 Å². The molecule has 0 unspecified atom stereocenters. The molecule has 0 amide bonds. The molecule has 10 nitrogen and oxygen atoms in total. The van der Waals surface area contributed by atoms with Crippen molar-refractivity contribution in [2.45, 2.75) is 27.3 Å². The fourth-order valence-electron chi connectivity index (χ4n) is 4.20. The topological polar surface area (TPSA) is 113 Å². The Labute approximate surface area is 203 Å². The lowest BCUT2D eigenvalue weighted by Crippen LogP contribution is -2.14. The molecule has 0 fully saturated rings. The van der Waals surface area contributed by atoms with Gasteiger partial charge in [0.1, 0.15) is 5.65 Å². The van der Waals surface area contributed by atoms with Gasteiger partial charge in [0.2, 0.25) is 16.0 Å². The molecule has 0 saturated carbocycles. The first-order chi connectivity index (χ1) is 16.6. The zero-order valence-corrected chi connectivity index (χ0v) is 21.2. The number of nitrogens with zero attached hydrogens (tertiary/aromatic N) is 6. The number of imidazole rings is 1. The summed E-state index contributed by atoms with van der Waals surface area (Å²) in [5.74, 6) is 1.22. The van der Waals surface area contributed by atoms with Crippen LogP contribution in [0.3, 0.4) is 0 Å². The van der Waals surface area contributed by atoms with Gasteiger partial charge in [0.15, 0.2) is 5.82 Å². The molecule has 0 spiro atoms. The zero-order valence-electron chi connectivity index (χ0n) is 20.4. The van der Waals surface area contributed by atoms with Crippen LogP contribution < -0.4 is 5.32 Å². The van der Waals surface area contributed by atoms with E-state index in [-0.39, 0.29) is 5.75 Å². The summed E-state index contributed by atoms with van der Waals surface area (Å²) < 4.78 is 29.1. The standard InChI is InChI=1S/C24H28N8O2S/c1-6-35(33,34)32-14-18(13-30(4)5)19-8-7-17(10-21(19)32)20-11-23-25-16(3)12-31(23)24(26-20)27-22-9-15(2)28-29-22/h7-12,14H,6,13H2,1-5H3,(H2,26,27,28,29). The van der Waals surface area contributed by atoms with E-state index in [9.17, 15) is 8.42 Å². The van der Waals surface area contributed by atoms with Gasteiger partial charge in [-0.25, -0.2) is 22.4 Å². The molecule has 0 aliphatic carbocycles. The summed E-state index contributed by atoms with van der Waals surface area (Å²) in [6, 6.07) is 9.63. The van der Waals surface area contributed by atoms with Crippen LogP contribution in [-0.4, -0.2) is 61.7 Å². The van der Waals surface area contributed by atoms with E-state index in [0.29, 0.717) is 29.5 Å². The SMILES string of the molecule is CCS(=O)(=O)n1cc(CN(C)C)c2ccc(-c3cc4nc(C)cn4c(Nc4cc(C)[nH]n4)n3)cc21. The number of aromatic amines is 1. The van der Waals surface area contributed by atoms with Crippen LogP contribution in [-0.2, 0) is 16.6 Å². The summed E-state index contributed by atoms with van der Waals surface area (Å²) in [5, 5.41) is 11.3. The van der Waals surface area contributed by atoms with Crippen LogP contribution in [0, 0.1) is 13.8 Å². The summed E-state index contributed by atoms with van der Waals surface area (Å²) in [6.45, 7) is 6.15. The highest BCUT2D eigenvalue weighted by atomic mass is 32.2. The van der Waals surface area contributed by atoms with E-state index in [0.717, 1.165) is 33.5 Å². The average Bonchev–Trinajstić information content (AvgIpc) is 3.49. The van der Waals surface area contributed by atoms with E-state index in [1.54, 1.807) is 13.1 Å². The second-order valence-electron chi connectivity index (χ2n) is 8.96. The Kier molecular flexibility index (Phi) is 5.60. The quantitative estimate of drug-likeness (QED) is 0.356. The Morgan fingerprint density at radius 2 is 1.89 bits per heavy atom. The number of aromatic nitrogens is 6. The molecule has 5 rings (SSSR count). The molecule has 0 aliphatic rings. The van der Waals surface area contributed by atoms with Crippen LogP contribution in [0.25, 0.3) is 27.8 Å². The lowest BCUT2D eigenvalue weighted by Gasteiger charge is -2.10. The summed E-state index contributed by atoms with van der Waals surface area (Å²) >= 11 is 0. The van der Waals surface area contributed by atoms with Gasteiger partial charge in [0.05, 0.1) is 22.7 Å². The summed E-state index contributed by atoms with van der Waals surface area (Å²) in [5.41, 5.74) is 5.58. The normalized spacial score (nSPS) is 12.3. The van der Waals surface area contributed by atoms with Gasteiger partial charge >= 0.3 is 0 Å². The predicted octanol–water partition coefficient (Wildman–Crippen LogP) is 3.69. The summed E-state index contributed by atoms with van der Waals surface area (Å²) in [6.07, 6.45) is 3.64. The highest BCUT2D eigenvalue weighted by molar-refractivity contribution is 7.90. The number of anilines is 2. The van der Waals surface area contributed by atoms with Gasteiger partial charge in [-0.3, -0.25) is 9.50 Å². The van der Waals surface area contributed by atoms with Crippen molar-refractivity contribution in [2.75, 3.05) is 25.2 Å². The van der Waals surface area contributed by atoms with Gasteiger partial charge in [0.25, 0.3) is 0 Å². The molecule has 182 valence electrons. The molecule has 0 bridgehead atoms. The molecule has 0 atom stereocenters. The number of hydrogen-bond donors (Lipinski definition) is 2. The van der Waals surface area contributed by atoms with Crippen LogP contribution in [0.4, 0.5) is 11.8 Å². The second kappa shape index (κ2) is 8.51. The van der Waals surface area contributed by atoms with Crippen molar-refractivity contribution >= 4 is 38.3 Å². The van der Waals surface area contributed by atoms with Crippen molar-refractivity contribution in [2.24, 2.45) is 0 Å². The van der Waals surface area contributed by atoms with Crippen molar-refractivity contribution in [3.63, 3.8) is 0 Å². The molecule has 0 saturated heterocycles. The first-order valence-corrected chi connectivity index (χ1v) is 12.9. The van der Waals surface area contributed by atoms with Crippen molar-refractivity contribution in [1.82, 2.24) is 33.4 Å². The molecular formula is C24H28N8O2S. The number of aryl methyl sites for hydroxylation is 2. The molecular weight excluding hydrogens is 464 g/mol. The lowest BCUT2D eigenvalue weighted by atomic mass is 10.1. The number of H-pyrrole nitrogens is 1. The predicted molar refractivity (Wildman–Crippen MR) is 138 cm³/mol. The maximum atomic E-state index is 12.9. The monoisotopic (exact) mass is 492 g/mol. The largest absolute Gasteiger partial charge is 0.308 e.